The maximum atomic E-state index is 11.4. The number of aliphatic imine (C=N–C) groups is 1. The molecule has 2 rings (SSSR count). The van der Waals surface area contributed by atoms with Crippen molar-refractivity contribution in [2.75, 3.05) is 0 Å². The van der Waals surface area contributed by atoms with Gasteiger partial charge in [0.25, 0.3) is 5.91 Å². The molecule has 4 heteroatoms. The molecule has 0 aliphatic carbocycles. The first-order valence-electron chi connectivity index (χ1n) is 4.68. The number of hydrogen-bond donors (Lipinski definition) is 1. The third-order valence-corrected chi connectivity index (χ3v) is 2.30. The van der Waals surface area contributed by atoms with E-state index < -0.39 is 5.92 Å². The number of benzene rings is 1. The van der Waals surface area contributed by atoms with Gasteiger partial charge in [-0.1, -0.05) is 30.3 Å². The maximum Gasteiger partial charge on any atom is 0.259 e. The van der Waals surface area contributed by atoms with Gasteiger partial charge in [-0.15, -0.1) is 0 Å². The normalized spacial score (nSPS) is 20.1. The Bertz CT molecular complexity index is 412. The molecule has 1 heterocycles. The predicted octanol–water partition coefficient (Wildman–Crippen LogP) is 0.530. The van der Waals surface area contributed by atoms with Crippen LogP contribution in [0.5, 0.6) is 0 Å². The summed E-state index contributed by atoms with van der Waals surface area (Å²) < 4.78 is 0. The molecule has 0 saturated heterocycles. The quantitative estimate of drug-likeness (QED) is 0.711. The van der Waals surface area contributed by atoms with Gasteiger partial charge in [0.05, 0.1) is 6.34 Å². The molecule has 1 unspecified atom stereocenters. The fourth-order valence-electron chi connectivity index (χ4n) is 1.49. The van der Waals surface area contributed by atoms with Crippen LogP contribution in [0, 0.1) is 5.92 Å². The van der Waals surface area contributed by atoms with Gasteiger partial charge in [-0.05, 0) is 12.0 Å². The summed E-state index contributed by atoms with van der Waals surface area (Å²) in [6.45, 7) is 0. The smallest absolute Gasteiger partial charge is 0.259 e. The Morgan fingerprint density at radius 2 is 1.93 bits per heavy atom. The van der Waals surface area contributed by atoms with Gasteiger partial charge in [0, 0.05) is 0 Å². The third-order valence-electron chi connectivity index (χ3n) is 2.30. The minimum Gasteiger partial charge on any atom is -0.316 e. The molecule has 1 aromatic rings. The van der Waals surface area contributed by atoms with Gasteiger partial charge in [-0.2, -0.15) is 0 Å². The molecule has 1 atom stereocenters. The van der Waals surface area contributed by atoms with Crippen molar-refractivity contribution in [3.63, 3.8) is 0 Å². The summed E-state index contributed by atoms with van der Waals surface area (Å²) in [4.78, 5) is 26.3. The van der Waals surface area contributed by atoms with Crippen LogP contribution in [0.4, 0.5) is 0 Å². The fraction of sp³-hybridized carbons (Fsp3) is 0.182. The molecule has 15 heavy (non-hydrogen) atoms. The van der Waals surface area contributed by atoms with Crippen molar-refractivity contribution >= 4 is 18.2 Å². The zero-order valence-corrected chi connectivity index (χ0v) is 8.01. The number of rotatable bonds is 2. The Labute approximate surface area is 87.0 Å². The van der Waals surface area contributed by atoms with Crippen LogP contribution in [0.2, 0.25) is 0 Å². The van der Waals surface area contributed by atoms with E-state index in [2.05, 4.69) is 10.3 Å². The lowest BCUT2D eigenvalue weighted by molar-refractivity contribution is -0.133. The van der Waals surface area contributed by atoms with Gasteiger partial charge in [0.15, 0.2) is 0 Å². The first-order chi connectivity index (χ1) is 7.27. The summed E-state index contributed by atoms with van der Waals surface area (Å²) in [6, 6.07) is 9.43. The molecule has 0 saturated carbocycles. The summed E-state index contributed by atoms with van der Waals surface area (Å²) >= 11 is 0. The third kappa shape index (κ3) is 2.10. The average Bonchev–Trinajstić information content (AvgIpc) is 2.25. The highest BCUT2D eigenvalue weighted by Gasteiger charge is 2.28. The van der Waals surface area contributed by atoms with Crippen LogP contribution in [0.3, 0.4) is 0 Å². The van der Waals surface area contributed by atoms with E-state index in [1.807, 2.05) is 30.3 Å². The number of nitrogens with one attached hydrogen (secondary N) is 1. The number of amides is 2. The highest BCUT2D eigenvalue weighted by molar-refractivity contribution is 6.10. The number of carbonyl (C=O) groups is 2. The maximum absolute atomic E-state index is 11.4. The highest BCUT2D eigenvalue weighted by Crippen LogP contribution is 2.12. The molecular weight excluding hydrogens is 192 g/mol. The van der Waals surface area contributed by atoms with Gasteiger partial charge in [0.2, 0.25) is 5.91 Å². The van der Waals surface area contributed by atoms with Crippen molar-refractivity contribution in [1.82, 2.24) is 5.32 Å². The van der Waals surface area contributed by atoms with Gasteiger partial charge in [-0.3, -0.25) is 9.59 Å². The molecule has 0 bridgehead atoms. The monoisotopic (exact) mass is 202 g/mol. The lowest BCUT2D eigenvalue weighted by atomic mass is 9.97. The van der Waals surface area contributed by atoms with Crippen LogP contribution in [0.15, 0.2) is 35.3 Å². The molecule has 1 N–H and O–H groups in total. The van der Waals surface area contributed by atoms with Crippen LogP contribution < -0.4 is 5.32 Å². The summed E-state index contributed by atoms with van der Waals surface area (Å²) in [5.74, 6) is -1.33. The fourth-order valence-corrected chi connectivity index (χ4v) is 1.49. The summed E-state index contributed by atoms with van der Waals surface area (Å²) in [6.07, 6.45) is 1.55. The molecule has 76 valence electrons. The zero-order valence-electron chi connectivity index (χ0n) is 8.01. The second-order valence-corrected chi connectivity index (χ2v) is 3.35. The second kappa shape index (κ2) is 4.04. The van der Waals surface area contributed by atoms with E-state index in [9.17, 15) is 9.59 Å². The van der Waals surface area contributed by atoms with Crippen LogP contribution in [-0.4, -0.2) is 18.2 Å². The predicted molar refractivity (Wildman–Crippen MR) is 55.3 cm³/mol. The van der Waals surface area contributed by atoms with E-state index >= 15 is 0 Å². The van der Waals surface area contributed by atoms with Gasteiger partial charge in [-0.25, -0.2) is 4.99 Å². The zero-order chi connectivity index (χ0) is 10.7. The summed E-state index contributed by atoms with van der Waals surface area (Å²) in [5, 5.41) is 2.43. The Kier molecular flexibility index (Phi) is 2.58. The lowest BCUT2D eigenvalue weighted by Gasteiger charge is -2.14. The number of hydrogen-bond acceptors (Lipinski definition) is 2. The lowest BCUT2D eigenvalue weighted by Crippen LogP contribution is -2.39. The van der Waals surface area contributed by atoms with Crippen molar-refractivity contribution in [1.29, 1.82) is 0 Å². The molecule has 1 aliphatic rings. The molecule has 1 aliphatic heterocycles. The average molecular weight is 202 g/mol. The molecule has 0 spiro atoms. The number of nitrogens with zero attached hydrogens (tertiary/aromatic N) is 1. The van der Waals surface area contributed by atoms with Gasteiger partial charge < -0.3 is 5.32 Å². The summed E-state index contributed by atoms with van der Waals surface area (Å²) in [7, 11) is 0. The second-order valence-electron chi connectivity index (χ2n) is 3.35. The van der Waals surface area contributed by atoms with Crippen LogP contribution in [-0.2, 0) is 16.0 Å². The van der Waals surface area contributed by atoms with Crippen molar-refractivity contribution in [3.8, 4) is 0 Å². The topological polar surface area (TPSA) is 58.5 Å². The molecule has 0 aromatic heterocycles. The molecular formula is C11H10N2O2. The first kappa shape index (κ1) is 9.58. The van der Waals surface area contributed by atoms with E-state index in [4.69, 9.17) is 0 Å². The van der Waals surface area contributed by atoms with Gasteiger partial charge >= 0.3 is 0 Å². The minimum absolute atomic E-state index is 0.279. The van der Waals surface area contributed by atoms with E-state index in [1.54, 1.807) is 0 Å². The Morgan fingerprint density at radius 1 is 1.20 bits per heavy atom. The largest absolute Gasteiger partial charge is 0.316 e. The van der Waals surface area contributed by atoms with Crippen LogP contribution >= 0.6 is 0 Å². The molecule has 4 nitrogen and oxygen atoms in total. The SMILES string of the molecule is O=C1N=CNC(=O)C1Cc1ccccc1. The van der Waals surface area contributed by atoms with Crippen LogP contribution in [0.1, 0.15) is 5.56 Å². The molecule has 0 radical (unpaired) electrons. The van der Waals surface area contributed by atoms with E-state index in [0.29, 0.717) is 6.42 Å². The van der Waals surface area contributed by atoms with E-state index in [-0.39, 0.29) is 11.8 Å². The minimum atomic E-state index is -0.683. The first-order valence-corrected chi connectivity index (χ1v) is 4.68. The van der Waals surface area contributed by atoms with Crippen molar-refractivity contribution < 1.29 is 9.59 Å². The molecule has 0 fully saturated rings. The Morgan fingerprint density at radius 3 is 2.60 bits per heavy atom. The van der Waals surface area contributed by atoms with E-state index in [0.717, 1.165) is 11.9 Å². The van der Waals surface area contributed by atoms with Crippen molar-refractivity contribution in [2.24, 2.45) is 10.9 Å². The molecule has 1 aromatic carbocycles. The van der Waals surface area contributed by atoms with Gasteiger partial charge in [0.1, 0.15) is 5.92 Å². The van der Waals surface area contributed by atoms with Crippen LogP contribution in [0.25, 0.3) is 0 Å². The highest BCUT2D eigenvalue weighted by atomic mass is 16.2. The molecule has 2 amide bonds. The standard InChI is InChI=1S/C11H10N2O2/c14-10-9(11(15)13-7-12-10)6-8-4-2-1-3-5-8/h1-5,7,9H,6H2,(H,12,13,14,15). The summed E-state index contributed by atoms with van der Waals surface area (Å²) in [5.41, 5.74) is 0.961. The van der Waals surface area contributed by atoms with E-state index in [1.165, 1.54) is 0 Å². The van der Waals surface area contributed by atoms with Crippen molar-refractivity contribution in [3.05, 3.63) is 35.9 Å². The van der Waals surface area contributed by atoms with Crippen molar-refractivity contribution in [2.45, 2.75) is 6.42 Å². The number of carbonyl (C=O) groups excluding carboxylic acids is 2. The Hall–Kier alpha value is -1.97. The Balaban J connectivity index is 2.15.